The van der Waals surface area contributed by atoms with Crippen LogP contribution in [0.1, 0.15) is 6.42 Å². The number of benzene rings is 1. The maximum atomic E-state index is 11.9. The number of rotatable bonds is 6. The van der Waals surface area contributed by atoms with Gasteiger partial charge in [-0.1, -0.05) is 18.2 Å². The zero-order valence-electron chi connectivity index (χ0n) is 13.3. The van der Waals surface area contributed by atoms with E-state index in [9.17, 15) is 9.59 Å². The van der Waals surface area contributed by atoms with E-state index in [-0.39, 0.29) is 18.5 Å². The van der Waals surface area contributed by atoms with Crippen molar-refractivity contribution in [1.29, 1.82) is 5.26 Å². The average Bonchev–Trinajstić information content (AvgIpc) is 2.60. The molecular formula is C17H20N4O3. The van der Waals surface area contributed by atoms with Gasteiger partial charge in [-0.25, -0.2) is 0 Å². The molecule has 0 saturated carbocycles. The van der Waals surface area contributed by atoms with Gasteiger partial charge in [0, 0.05) is 44.6 Å². The molecule has 1 heterocycles. The van der Waals surface area contributed by atoms with Crippen molar-refractivity contribution < 1.29 is 14.7 Å². The van der Waals surface area contributed by atoms with Gasteiger partial charge in [0.05, 0.1) is 6.42 Å². The number of carbonyl (C=O) groups is 2. The van der Waals surface area contributed by atoms with Crippen molar-refractivity contribution in [2.75, 3.05) is 37.6 Å². The molecule has 0 spiro atoms. The molecule has 1 saturated heterocycles. The SMILES string of the molecule is N#C/C(=C/N1CCN(c2ccccc2)CC1)C(=O)NCCC(=O)O. The van der Waals surface area contributed by atoms with Gasteiger partial charge >= 0.3 is 5.97 Å². The Kier molecular flexibility index (Phi) is 6.20. The number of piperazine rings is 1. The second-order valence-electron chi connectivity index (χ2n) is 5.41. The van der Waals surface area contributed by atoms with E-state index in [0.29, 0.717) is 13.1 Å². The first-order valence-corrected chi connectivity index (χ1v) is 7.76. The molecule has 1 aromatic carbocycles. The van der Waals surface area contributed by atoms with E-state index in [4.69, 9.17) is 10.4 Å². The summed E-state index contributed by atoms with van der Waals surface area (Å²) in [4.78, 5) is 26.5. The fourth-order valence-electron chi connectivity index (χ4n) is 2.45. The molecule has 0 unspecified atom stereocenters. The first-order valence-electron chi connectivity index (χ1n) is 7.76. The van der Waals surface area contributed by atoms with Crippen molar-refractivity contribution in [2.24, 2.45) is 0 Å². The van der Waals surface area contributed by atoms with Crippen molar-refractivity contribution in [2.45, 2.75) is 6.42 Å². The normalized spacial score (nSPS) is 14.9. The monoisotopic (exact) mass is 328 g/mol. The highest BCUT2D eigenvalue weighted by Gasteiger charge is 2.17. The van der Waals surface area contributed by atoms with Crippen molar-refractivity contribution in [3.05, 3.63) is 42.1 Å². The molecule has 2 rings (SSSR count). The zero-order chi connectivity index (χ0) is 17.4. The molecule has 126 valence electrons. The third kappa shape index (κ3) is 5.02. The highest BCUT2D eigenvalue weighted by Crippen LogP contribution is 2.16. The molecule has 0 bridgehead atoms. The van der Waals surface area contributed by atoms with E-state index < -0.39 is 11.9 Å². The molecular weight excluding hydrogens is 308 g/mol. The van der Waals surface area contributed by atoms with Crippen LogP contribution in [-0.4, -0.2) is 54.6 Å². The number of carboxylic acids is 1. The van der Waals surface area contributed by atoms with Crippen molar-refractivity contribution in [3.63, 3.8) is 0 Å². The molecule has 0 radical (unpaired) electrons. The number of carbonyl (C=O) groups excluding carboxylic acids is 1. The number of nitrogens with zero attached hydrogens (tertiary/aromatic N) is 3. The Bertz CT molecular complexity index is 644. The largest absolute Gasteiger partial charge is 0.481 e. The third-order valence-electron chi connectivity index (χ3n) is 3.74. The van der Waals surface area contributed by atoms with E-state index >= 15 is 0 Å². The van der Waals surface area contributed by atoms with E-state index in [0.717, 1.165) is 18.8 Å². The van der Waals surface area contributed by atoms with E-state index in [1.807, 2.05) is 29.2 Å². The first-order chi connectivity index (χ1) is 11.6. The number of carboxylic acid groups (broad SMARTS) is 1. The van der Waals surface area contributed by atoms with Crippen LogP contribution in [0.15, 0.2) is 42.1 Å². The summed E-state index contributed by atoms with van der Waals surface area (Å²) >= 11 is 0. The van der Waals surface area contributed by atoms with Gasteiger partial charge in [-0.05, 0) is 12.1 Å². The minimum Gasteiger partial charge on any atom is -0.481 e. The standard InChI is InChI=1S/C17H20N4O3/c18-12-14(17(24)19-7-6-16(22)23)13-20-8-10-21(11-9-20)15-4-2-1-3-5-15/h1-5,13H,6-11H2,(H,19,24)(H,22,23)/b14-13-. The first kappa shape index (κ1) is 17.3. The number of hydrogen-bond donors (Lipinski definition) is 2. The van der Waals surface area contributed by atoms with Crippen LogP contribution in [-0.2, 0) is 9.59 Å². The Hall–Kier alpha value is -3.01. The molecule has 0 atom stereocenters. The quantitative estimate of drug-likeness (QED) is 0.592. The summed E-state index contributed by atoms with van der Waals surface area (Å²) in [6.45, 7) is 3.04. The smallest absolute Gasteiger partial charge is 0.305 e. The average molecular weight is 328 g/mol. The summed E-state index contributed by atoms with van der Waals surface area (Å²) in [5, 5.41) is 20.1. The Morgan fingerprint density at radius 1 is 1.21 bits per heavy atom. The number of anilines is 1. The summed E-state index contributed by atoms with van der Waals surface area (Å²) in [7, 11) is 0. The van der Waals surface area contributed by atoms with Crippen molar-refractivity contribution in [3.8, 4) is 6.07 Å². The topological polar surface area (TPSA) is 96.7 Å². The third-order valence-corrected chi connectivity index (χ3v) is 3.74. The minimum atomic E-state index is -0.991. The number of hydrogen-bond acceptors (Lipinski definition) is 5. The lowest BCUT2D eigenvalue weighted by Gasteiger charge is -2.35. The van der Waals surface area contributed by atoms with E-state index in [1.165, 1.54) is 0 Å². The van der Waals surface area contributed by atoms with Crippen LogP contribution in [0.2, 0.25) is 0 Å². The molecule has 1 fully saturated rings. The molecule has 0 aliphatic carbocycles. The molecule has 7 heteroatoms. The van der Waals surface area contributed by atoms with Gasteiger partial charge in [-0.2, -0.15) is 5.26 Å². The van der Waals surface area contributed by atoms with Crippen LogP contribution in [0.5, 0.6) is 0 Å². The summed E-state index contributed by atoms with van der Waals surface area (Å²) in [6, 6.07) is 12.0. The molecule has 1 aliphatic rings. The second kappa shape index (κ2) is 8.58. The van der Waals surface area contributed by atoms with Crippen LogP contribution in [0.3, 0.4) is 0 Å². The molecule has 1 amide bonds. The molecule has 2 N–H and O–H groups in total. The number of aliphatic carboxylic acids is 1. The van der Waals surface area contributed by atoms with Crippen LogP contribution in [0.4, 0.5) is 5.69 Å². The molecule has 7 nitrogen and oxygen atoms in total. The van der Waals surface area contributed by atoms with Gasteiger partial charge in [-0.15, -0.1) is 0 Å². The number of amides is 1. The Morgan fingerprint density at radius 3 is 2.46 bits per heavy atom. The van der Waals surface area contributed by atoms with E-state index in [2.05, 4.69) is 22.3 Å². The van der Waals surface area contributed by atoms with Crippen LogP contribution < -0.4 is 10.2 Å². The fourth-order valence-corrected chi connectivity index (χ4v) is 2.45. The summed E-state index contributed by atoms with van der Waals surface area (Å²) in [5.74, 6) is -1.53. The predicted octanol–water partition coefficient (Wildman–Crippen LogP) is 0.807. The van der Waals surface area contributed by atoms with Crippen LogP contribution in [0, 0.1) is 11.3 Å². The maximum absolute atomic E-state index is 11.9. The van der Waals surface area contributed by atoms with Gasteiger partial charge in [0.1, 0.15) is 11.6 Å². The van der Waals surface area contributed by atoms with Crippen LogP contribution in [0.25, 0.3) is 0 Å². The number of nitriles is 1. The van der Waals surface area contributed by atoms with Gasteiger partial charge in [0.2, 0.25) is 0 Å². The van der Waals surface area contributed by atoms with Gasteiger partial charge in [-0.3, -0.25) is 9.59 Å². The highest BCUT2D eigenvalue weighted by atomic mass is 16.4. The Morgan fingerprint density at radius 2 is 1.88 bits per heavy atom. The predicted molar refractivity (Wildman–Crippen MR) is 89.2 cm³/mol. The molecule has 24 heavy (non-hydrogen) atoms. The van der Waals surface area contributed by atoms with Gasteiger partial charge in [0.25, 0.3) is 5.91 Å². The van der Waals surface area contributed by atoms with Crippen LogP contribution >= 0.6 is 0 Å². The maximum Gasteiger partial charge on any atom is 0.305 e. The lowest BCUT2D eigenvalue weighted by Crippen LogP contribution is -2.44. The molecule has 1 aromatic rings. The Labute approximate surface area is 140 Å². The Balaban J connectivity index is 1.87. The minimum absolute atomic E-state index is 0.00597. The number of para-hydroxylation sites is 1. The van der Waals surface area contributed by atoms with E-state index in [1.54, 1.807) is 6.20 Å². The second-order valence-corrected chi connectivity index (χ2v) is 5.41. The lowest BCUT2D eigenvalue weighted by molar-refractivity contribution is -0.136. The fraction of sp³-hybridized carbons (Fsp3) is 0.353. The van der Waals surface area contributed by atoms with Gasteiger partial charge < -0.3 is 20.2 Å². The molecule has 0 aromatic heterocycles. The summed E-state index contributed by atoms with van der Waals surface area (Å²) < 4.78 is 0. The zero-order valence-corrected chi connectivity index (χ0v) is 13.3. The number of nitrogens with one attached hydrogen (secondary N) is 1. The molecule has 1 aliphatic heterocycles. The lowest BCUT2D eigenvalue weighted by atomic mass is 10.2. The summed E-state index contributed by atoms with van der Waals surface area (Å²) in [6.07, 6.45) is 1.39. The summed E-state index contributed by atoms with van der Waals surface area (Å²) in [5.41, 5.74) is 1.15. The van der Waals surface area contributed by atoms with Crippen molar-refractivity contribution in [1.82, 2.24) is 10.2 Å². The highest BCUT2D eigenvalue weighted by molar-refractivity contribution is 5.97. The van der Waals surface area contributed by atoms with Crippen molar-refractivity contribution >= 4 is 17.6 Å². The van der Waals surface area contributed by atoms with Gasteiger partial charge in [0.15, 0.2) is 0 Å².